The van der Waals surface area contributed by atoms with Gasteiger partial charge in [-0.3, -0.25) is 0 Å². The Bertz CT molecular complexity index is 982. The number of aromatic hydroxyl groups is 2. The first-order valence-corrected chi connectivity index (χ1v) is 7.32. The lowest BCUT2D eigenvalue weighted by molar-refractivity contribution is 0.420. The normalized spacial score (nSPS) is 11.6. The van der Waals surface area contributed by atoms with E-state index in [9.17, 15) is 10.2 Å². The highest BCUT2D eigenvalue weighted by Gasteiger charge is 2.17. The monoisotopic (exact) mass is 326 g/mol. The average Bonchev–Trinajstić information content (AvgIpc) is 3.18. The summed E-state index contributed by atoms with van der Waals surface area (Å²) in [5.41, 5.74) is 2.62. The number of rotatable bonds is 3. The molecule has 4 heterocycles. The van der Waals surface area contributed by atoms with Crippen molar-refractivity contribution in [2.24, 2.45) is 0 Å². The average molecular weight is 326 g/mol. The Morgan fingerprint density at radius 1 is 0.792 bits per heavy atom. The van der Waals surface area contributed by atoms with Crippen molar-refractivity contribution in [1.82, 2.24) is 39.2 Å². The number of hydrogen-bond donors (Lipinski definition) is 2. The van der Waals surface area contributed by atoms with Gasteiger partial charge in [0.2, 0.25) is 11.8 Å². The Kier molecular flexibility index (Phi) is 3.05. The van der Waals surface area contributed by atoms with Crippen molar-refractivity contribution in [3.05, 3.63) is 35.2 Å². The fourth-order valence-corrected chi connectivity index (χ4v) is 2.77. The van der Waals surface area contributed by atoms with Gasteiger partial charge in [-0.15, -0.1) is 0 Å². The van der Waals surface area contributed by atoms with Gasteiger partial charge in [0.15, 0.2) is 0 Å². The third-order valence-electron chi connectivity index (χ3n) is 4.03. The van der Waals surface area contributed by atoms with E-state index in [4.69, 9.17) is 0 Å². The molecule has 0 aliphatic carbocycles. The lowest BCUT2D eigenvalue weighted by Crippen LogP contribution is -2.06. The van der Waals surface area contributed by atoms with Gasteiger partial charge in [-0.25, -0.2) is 9.97 Å². The molecule has 0 saturated heterocycles. The molecule has 24 heavy (non-hydrogen) atoms. The quantitative estimate of drug-likeness (QED) is 0.553. The van der Waals surface area contributed by atoms with E-state index in [0.29, 0.717) is 46.9 Å². The fraction of sp³-hybridized carbons (Fsp3) is 0.286. The van der Waals surface area contributed by atoms with Gasteiger partial charge >= 0.3 is 0 Å². The second kappa shape index (κ2) is 5.11. The molecule has 0 aliphatic rings. The van der Waals surface area contributed by atoms with Crippen LogP contribution in [0.25, 0.3) is 11.6 Å². The number of hydrogen-bond acceptors (Lipinski definition) is 8. The molecule has 0 amide bonds. The molecule has 10 heteroatoms. The van der Waals surface area contributed by atoms with Crippen molar-refractivity contribution < 1.29 is 10.2 Å². The van der Waals surface area contributed by atoms with Gasteiger partial charge in [-0.2, -0.15) is 29.2 Å². The summed E-state index contributed by atoms with van der Waals surface area (Å²) in [6.45, 7) is 3.60. The summed E-state index contributed by atoms with van der Waals surface area (Å²) >= 11 is 0. The third-order valence-corrected chi connectivity index (χ3v) is 4.03. The predicted molar refractivity (Wildman–Crippen MR) is 81.8 cm³/mol. The standard InChI is InChI=1S/C14H14N8O2/c1-7-9(11(23)21-13(19-7)15-5-17-21)3-4-10-8(2)20-14-16-6-18-22(14)12(10)24/h5-6,23-24H,3-4H2,1-2H3. The van der Waals surface area contributed by atoms with Crippen molar-refractivity contribution in [3.63, 3.8) is 0 Å². The van der Waals surface area contributed by atoms with Crippen molar-refractivity contribution in [2.45, 2.75) is 26.7 Å². The molecule has 0 aromatic carbocycles. The van der Waals surface area contributed by atoms with E-state index in [2.05, 4.69) is 30.1 Å². The van der Waals surface area contributed by atoms with E-state index < -0.39 is 0 Å². The van der Waals surface area contributed by atoms with Gasteiger partial charge in [-0.1, -0.05) is 0 Å². The molecule has 0 bridgehead atoms. The maximum Gasteiger partial charge on any atom is 0.255 e. The van der Waals surface area contributed by atoms with Gasteiger partial charge in [0.1, 0.15) is 12.7 Å². The van der Waals surface area contributed by atoms with Crippen LogP contribution in [-0.4, -0.2) is 49.4 Å². The molecule has 0 spiro atoms. The molecule has 4 rings (SSSR count). The first-order valence-electron chi connectivity index (χ1n) is 7.32. The van der Waals surface area contributed by atoms with Crippen molar-refractivity contribution >= 4 is 11.6 Å². The van der Waals surface area contributed by atoms with E-state index in [0.717, 1.165) is 0 Å². The molecular formula is C14H14N8O2. The molecule has 0 atom stereocenters. The number of aryl methyl sites for hydroxylation is 2. The molecule has 0 saturated carbocycles. The second-order valence-electron chi connectivity index (χ2n) is 5.44. The zero-order chi connectivity index (χ0) is 16.8. The Morgan fingerprint density at radius 2 is 1.21 bits per heavy atom. The Labute approximate surface area is 135 Å². The molecular weight excluding hydrogens is 312 g/mol. The lowest BCUT2D eigenvalue weighted by atomic mass is 10.0. The summed E-state index contributed by atoms with van der Waals surface area (Å²) in [7, 11) is 0. The number of fused-ring (bicyclic) bond motifs is 2. The molecule has 0 aliphatic heterocycles. The van der Waals surface area contributed by atoms with Crippen LogP contribution in [0.2, 0.25) is 0 Å². The maximum absolute atomic E-state index is 10.4. The van der Waals surface area contributed by atoms with Crippen LogP contribution in [-0.2, 0) is 12.8 Å². The van der Waals surface area contributed by atoms with Crippen LogP contribution >= 0.6 is 0 Å². The summed E-state index contributed by atoms with van der Waals surface area (Å²) in [4.78, 5) is 16.6. The Hall–Kier alpha value is -3.30. The maximum atomic E-state index is 10.4. The summed E-state index contributed by atoms with van der Waals surface area (Å²) < 4.78 is 2.57. The highest BCUT2D eigenvalue weighted by molar-refractivity contribution is 5.42. The molecule has 0 radical (unpaired) electrons. The van der Waals surface area contributed by atoms with E-state index in [-0.39, 0.29) is 11.8 Å². The zero-order valence-electron chi connectivity index (χ0n) is 13.0. The number of aromatic nitrogens is 8. The first-order chi connectivity index (χ1) is 11.6. The van der Waals surface area contributed by atoms with E-state index in [1.165, 1.54) is 21.7 Å². The van der Waals surface area contributed by atoms with Crippen LogP contribution in [0.5, 0.6) is 11.8 Å². The lowest BCUT2D eigenvalue weighted by Gasteiger charge is -2.11. The molecule has 2 N–H and O–H groups in total. The highest BCUT2D eigenvalue weighted by atomic mass is 16.3. The van der Waals surface area contributed by atoms with Crippen LogP contribution < -0.4 is 0 Å². The molecule has 10 nitrogen and oxygen atoms in total. The molecule has 0 unspecified atom stereocenters. The first kappa shape index (κ1) is 14.3. The second-order valence-corrected chi connectivity index (χ2v) is 5.44. The topological polar surface area (TPSA) is 127 Å². The fourth-order valence-electron chi connectivity index (χ4n) is 2.77. The predicted octanol–water partition coefficient (Wildman–Crippen LogP) is 0.375. The minimum Gasteiger partial charge on any atom is -0.493 e. The van der Waals surface area contributed by atoms with Crippen molar-refractivity contribution in [1.29, 1.82) is 0 Å². The highest BCUT2D eigenvalue weighted by Crippen LogP contribution is 2.25. The van der Waals surface area contributed by atoms with Gasteiger partial charge in [0, 0.05) is 22.5 Å². The van der Waals surface area contributed by atoms with E-state index in [1.54, 1.807) is 13.8 Å². The van der Waals surface area contributed by atoms with Gasteiger partial charge < -0.3 is 10.2 Å². The zero-order valence-corrected chi connectivity index (χ0v) is 13.0. The minimum atomic E-state index is 0.00179. The van der Waals surface area contributed by atoms with E-state index >= 15 is 0 Å². The summed E-state index contributed by atoms with van der Waals surface area (Å²) in [5.74, 6) is 0.695. The largest absolute Gasteiger partial charge is 0.493 e. The number of nitrogens with zero attached hydrogens (tertiary/aromatic N) is 8. The van der Waals surface area contributed by atoms with Crippen molar-refractivity contribution in [2.75, 3.05) is 0 Å². The molecule has 4 aromatic heterocycles. The summed E-state index contributed by atoms with van der Waals surface area (Å²) in [5, 5.41) is 28.7. The van der Waals surface area contributed by atoms with Crippen molar-refractivity contribution in [3.8, 4) is 11.8 Å². The van der Waals surface area contributed by atoms with Crippen LogP contribution in [0.1, 0.15) is 22.5 Å². The minimum absolute atomic E-state index is 0.00179. The smallest absolute Gasteiger partial charge is 0.255 e. The van der Waals surface area contributed by atoms with Crippen LogP contribution in [0.4, 0.5) is 0 Å². The van der Waals surface area contributed by atoms with Crippen LogP contribution in [0.3, 0.4) is 0 Å². The van der Waals surface area contributed by atoms with Gasteiger partial charge in [0.05, 0.1) is 0 Å². The summed E-state index contributed by atoms with van der Waals surface area (Å²) in [6.07, 6.45) is 3.58. The molecule has 122 valence electrons. The molecule has 4 aromatic rings. The van der Waals surface area contributed by atoms with Crippen LogP contribution in [0, 0.1) is 13.8 Å². The Morgan fingerprint density at radius 3 is 1.62 bits per heavy atom. The molecule has 0 fully saturated rings. The van der Waals surface area contributed by atoms with Gasteiger partial charge in [0.25, 0.3) is 11.6 Å². The van der Waals surface area contributed by atoms with E-state index in [1.807, 2.05) is 0 Å². The Balaban J connectivity index is 1.73. The SMILES string of the molecule is Cc1nc2ncnn2c(O)c1CCc1c(C)nc2ncnn2c1O. The third kappa shape index (κ3) is 2.03. The van der Waals surface area contributed by atoms with Crippen LogP contribution in [0.15, 0.2) is 12.7 Å². The summed E-state index contributed by atoms with van der Waals surface area (Å²) in [6, 6.07) is 0. The van der Waals surface area contributed by atoms with Gasteiger partial charge in [-0.05, 0) is 26.7 Å².